The lowest BCUT2D eigenvalue weighted by Gasteiger charge is -2.35. The number of nitrogens with zero attached hydrogens (tertiary/aromatic N) is 3. The van der Waals surface area contributed by atoms with Gasteiger partial charge in [-0.05, 0) is 47.0 Å². The Morgan fingerprint density at radius 1 is 1.20 bits per heavy atom. The fourth-order valence-corrected chi connectivity index (χ4v) is 6.69. The standard InChI is InChI=1S/C23H21N3OS3/c1-2-11-25-18-7-4-3-6-17(18)24-23(25)30-15-21(27)26-12-9-19-16(10-14-29-19)22(26)20-8-5-13-28-20/h2-8,10,13-14,22H,1,9,11-12,15H2. The van der Waals surface area contributed by atoms with Gasteiger partial charge in [0.2, 0.25) is 5.91 Å². The molecule has 4 aromatic rings. The number of hydrogen-bond acceptors (Lipinski definition) is 5. The van der Waals surface area contributed by atoms with Crippen LogP contribution in [0.15, 0.2) is 71.0 Å². The van der Waals surface area contributed by atoms with E-state index in [4.69, 9.17) is 4.98 Å². The minimum atomic E-state index is 0.0279. The molecule has 1 amide bonds. The highest BCUT2D eigenvalue weighted by Crippen LogP contribution is 2.40. The number of aromatic nitrogens is 2. The van der Waals surface area contributed by atoms with Crippen molar-refractivity contribution >= 4 is 51.4 Å². The molecule has 0 fully saturated rings. The molecule has 1 atom stereocenters. The molecule has 0 N–H and O–H groups in total. The van der Waals surface area contributed by atoms with E-state index in [1.807, 2.05) is 29.2 Å². The Hall–Kier alpha value is -2.35. The lowest BCUT2D eigenvalue weighted by Crippen LogP contribution is -2.40. The number of benzene rings is 1. The molecule has 1 unspecified atom stereocenters. The molecule has 30 heavy (non-hydrogen) atoms. The van der Waals surface area contributed by atoms with E-state index < -0.39 is 0 Å². The predicted octanol–water partition coefficient (Wildman–Crippen LogP) is 5.61. The van der Waals surface area contributed by atoms with E-state index in [0.29, 0.717) is 12.3 Å². The Labute approximate surface area is 187 Å². The van der Waals surface area contributed by atoms with Crippen LogP contribution in [0.3, 0.4) is 0 Å². The van der Waals surface area contributed by atoms with Crippen molar-refractivity contribution in [3.63, 3.8) is 0 Å². The van der Waals surface area contributed by atoms with Crippen molar-refractivity contribution < 1.29 is 4.79 Å². The van der Waals surface area contributed by atoms with E-state index in [2.05, 4.69) is 46.2 Å². The number of thiophene rings is 2. The summed E-state index contributed by atoms with van der Waals surface area (Å²) in [5.74, 6) is 0.536. The van der Waals surface area contributed by atoms with Gasteiger partial charge in [0.05, 0.1) is 22.8 Å². The number of amides is 1. The van der Waals surface area contributed by atoms with Gasteiger partial charge in [-0.25, -0.2) is 4.98 Å². The highest BCUT2D eigenvalue weighted by molar-refractivity contribution is 7.99. The number of rotatable bonds is 6. The molecule has 1 aliphatic rings. The molecule has 7 heteroatoms. The van der Waals surface area contributed by atoms with Crippen LogP contribution in [-0.4, -0.2) is 32.7 Å². The second-order valence-electron chi connectivity index (χ2n) is 7.13. The van der Waals surface area contributed by atoms with Crippen LogP contribution in [-0.2, 0) is 17.8 Å². The zero-order chi connectivity index (χ0) is 20.5. The van der Waals surface area contributed by atoms with Crippen LogP contribution < -0.4 is 0 Å². The number of para-hydroxylation sites is 2. The molecule has 0 saturated heterocycles. The topological polar surface area (TPSA) is 38.1 Å². The molecule has 152 valence electrons. The fourth-order valence-electron chi connectivity index (χ4n) is 4.02. The first kappa shape index (κ1) is 19.6. The van der Waals surface area contributed by atoms with E-state index in [-0.39, 0.29) is 11.9 Å². The number of thioether (sulfide) groups is 1. The summed E-state index contributed by atoms with van der Waals surface area (Å²) in [4.78, 5) is 22.8. The van der Waals surface area contributed by atoms with Crippen LogP contribution >= 0.6 is 34.4 Å². The molecule has 0 bridgehead atoms. The molecule has 0 radical (unpaired) electrons. The van der Waals surface area contributed by atoms with Gasteiger partial charge >= 0.3 is 0 Å². The summed E-state index contributed by atoms with van der Waals surface area (Å²) in [6.45, 7) is 5.32. The van der Waals surface area contributed by atoms with E-state index >= 15 is 0 Å². The monoisotopic (exact) mass is 451 g/mol. The van der Waals surface area contributed by atoms with Crippen molar-refractivity contribution in [2.75, 3.05) is 12.3 Å². The smallest absolute Gasteiger partial charge is 0.233 e. The van der Waals surface area contributed by atoms with Gasteiger partial charge in [-0.3, -0.25) is 4.79 Å². The molecular weight excluding hydrogens is 430 g/mol. The van der Waals surface area contributed by atoms with Crippen LogP contribution in [0.4, 0.5) is 0 Å². The van der Waals surface area contributed by atoms with Gasteiger partial charge in [-0.1, -0.05) is 36.0 Å². The van der Waals surface area contributed by atoms with Gasteiger partial charge in [-0.2, -0.15) is 0 Å². The quantitative estimate of drug-likeness (QED) is 0.282. The highest BCUT2D eigenvalue weighted by atomic mass is 32.2. The molecule has 5 rings (SSSR count). The maximum absolute atomic E-state index is 13.3. The van der Waals surface area contributed by atoms with Crippen molar-refractivity contribution in [3.8, 4) is 0 Å². The average molecular weight is 452 g/mol. The van der Waals surface area contributed by atoms with Crippen LogP contribution in [0.1, 0.15) is 21.4 Å². The van der Waals surface area contributed by atoms with Gasteiger partial charge in [0.15, 0.2) is 5.16 Å². The Morgan fingerprint density at radius 3 is 2.93 bits per heavy atom. The summed E-state index contributed by atoms with van der Waals surface area (Å²) in [5, 5.41) is 5.10. The van der Waals surface area contributed by atoms with Crippen LogP contribution in [0.2, 0.25) is 0 Å². The SMILES string of the molecule is C=CCn1c(SCC(=O)N2CCc3sccc3C2c2cccs2)nc2ccccc21. The lowest BCUT2D eigenvalue weighted by molar-refractivity contribution is -0.130. The number of fused-ring (bicyclic) bond motifs is 2. The molecule has 0 spiro atoms. The number of allylic oxidation sites excluding steroid dienone is 1. The summed E-state index contributed by atoms with van der Waals surface area (Å²) in [6.07, 6.45) is 2.80. The maximum Gasteiger partial charge on any atom is 0.233 e. The highest BCUT2D eigenvalue weighted by Gasteiger charge is 2.33. The van der Waals surface area contributed by atoms with Crippen LogP contribution in [0.5, 0.6) is 0 Å². The number of carbonyl (C=O) groups excluding carboxylic acids is 1. The van der Waals surface area contributed by atoms with Gasteiger partial charge in [0.1, 0.15) is 0 Å². The second kappa shape index (κ2) is 8.41. The largest absolute Gasteiger partial charge is 0.330 e. The summed E-state index contributed by atoms with van der Waals surface area (Å²) >= 11 is 5.04. The first-order valence-electron chi connectivity index (χ1n) is 9.84. The third kappa shape index (κ3) is 3.51. The van der Waals surface area contributed by atoms with Gasteiger partial charge in [0.25, 0.3) is 0 Å². The predicted molar refractivity (Wildman–Crippen MR) is 127 cm³/mol. The van der Waals surface area contributed by atoms with E-state index in [1.165, 1.54) is 27.1 Å². The first-order chi connectivity index (χ1) is 14.8. The second-order valence-corrected chi connectivity index (χ2v) is 10.0. The Kier molecular flexibility index (Phi) is 5.50. The molecule has 1 aromatic carbocycles. The van der Waals surface area contributed by atoms with E-state index in [0.717, 1.165) is 29.2 Å². The summed E-state index contributed by atoms with van der Waals surface area (Å²) < 4.78 is 2.13. The zero-order valence-corrected chi connectivity index (χ0v) is 18.8. The fraction of sp³-hybridized carbons (Fsp3) is 0.217. The molecule has 0 saturated carbocycles. The Bertz CT molecular complexity index is 1190. The maximum atomic E-state index is 13.3. The normalized spacial score (nSPS) is 16.0. The first-order valence-corrected chi connectivity index (χ1v) is 12.6. The molecule has 0 aliphatic carbocycles. The van der Waals surface area contributed by atoms with Crippen LogP contribution in [0, 0.1) is 0 Å². The van der Waals surface area contributed by atoms with Gasteiger partial charge < -0.3 is 9.47 Å². The Balaban J connectivity index is 1.40. The summed E-state index contributed by atoms with van der Waals surface area (Å²) in [5.41, 5.74) is 3.31. The molecule has 4 nitrogen and oxygen atoms in total. The van der Waals surface area contributed by atoms with Crippen molar-refractivity contribution in [2.24, 2.45) is 0 Å². The van der Waals surface area contributed by atoms with Crippen molar-refractivity contribution in [1.82, 2.24) is 14.5 Å². The van der Waals surface area contributed by atoms with Crippen molar-refractivity contribution in [1.29, 1.82) is 0 Å². The van der Waals surface area contributed by atoms with Crippen molar-refractivity contribution in [2.45, 2.75) is 24.2 Å². The van der Waals surface area contributed by atoms with Crippen molar-refractivity contribution in [3.05, 3.63) is 81.2 Å². The third-order valence-corrected chi connectivity index (χ3v) is 8.24. The zero-order valence-electron chi connectivity index (χ0n) is 16.4. The molecule has 3 aromatic heterocycles. The summed E-state index contributed by atoms with van der Waals surface area (Å²) in [7, 11) is 0. The molecule has 1 aliphatic heterocycles. The molecular formula is C23H21N3OS3. The average Bonchev–Trinajstić information content (AvgIpc) is 3.51. The minimum absolute atomic E-state index is 0.0279. The lowest BCUT2D eigenvalue weighted by atomic mass is 9.98. The summed E-state index contributed by atoms with van der Waals surface area (Å²) in [6, 6.07) is 14.5. The van der Waals surface area contributed by atoms with E-state index in [9.17, 15) is 4.79 Å². The third-order valence-electron chi connectivity index (χ3n) is 5.35. The van der Waals surface area contributed by atoms with Crippen LogP contribution in [0.25, 0.3) is 11.0 Å². The van der Waals surface area contributed by atoms with Gasteiger partial charge in [-0.15, -0.1) is 29.3 Å². The van der Waals surface area contributed by atoms with E-state index in [1.54, 1.807) is 22.7 Å². The number of hydrogen-bond donors (Lipinski definition) is 0. The minimum Gasteiger partial charge on any atom is -0.330 e. The number of carbonyl (C=O) groups is 1. The number of imidazole rings is 1. The molecule has 4 heterocycles. The Morgan fingerprint density at radius 2 is 2.10 bits per heavy atom. The van der Waals surface area contributed by atoms with Gasteiger partial charge in [0, 0.05) is 22.8 Å².